The summed E-state index contributed by atoms with van der Waals surface area (Å²) in [5.74, 6) is 1.97. The van der Waals surface area contributed by atoms with Gasteiger partial charge in [0.05, 0.1) is 12.1 Å². The first-order valence-electron chi connectivity index (χ1n) is 17.7. The molecular formula is C44H45N3. The van der Waals surface area contributed by atoms with Crippen LogP contribution in [-0.4, -0.2) is 17.0 Å². The summed E-state index contributed by atoms with van der Waals surface area (Å²) in [7, 11) is 0. The molecule has 3 aromatic rings. The lowest BCUT2D eigenvalue weighted by atomic mass is 9.67. The standard InChI is InChI=1S/C44H45N3/c1-30-27-33(24-23-32(30)29-45)47-42-22-12-18-37(42)38-25-26-44(2,28-43(38)47)39-19-9-6-16-35(39)36-17-8-11-21-41(36)46-40-20-10-7-15-34(40)31-13-4-3-5-14-31/h3-4,6-12,15-17,19-26,30-31,37-38,42-43,46H,5,13-14,18,27-28H2,1-2H3. The summed E-state index contributed by atoms with van der Waals surface area (Å²) in [5, 5.41) is 13.6. The molecular weight excluding hydrogens is 571 g/mol. The zero-order chi connectivity index (χ0) is 32.0. The predicted octanol–water partition coefficient (Wildman–Crippen LogP) is 10.8. The molecule has 1 heterocycles. The Bertz CT molecular complexity index is 1870. The highest BCUT2D eigenvalue weighted by Crippen LogP contribution is 2.53. The van der Waals surface area contributed by atoms with Gasteiger partial charge < -0.3 is 10.2 Å². The number of likely N-dealkylation sites (tertiary alicyclic amines) is 1. The molecule has 3 nitrogen and oxygen atoms in total. The fourth-order valence-electron chi connectivity index (χ4n) is 9.38. The van der Waals surface area contributed by atoms with Crippen molar-refractivity contribution in [1.29, 1.82) is 5.26 Å². The van der Waals surface area contributed by atoms with Crippen LogP contribution in [0.4, 0.5) is 11.4 Å². The number of nitrogens with one attached hydrogen (secondary N) is 1. The number of nitrogens with zero attached hydrogens (tertiary/aromatic N) is 2. The molecule has 3 heteroatoms. The third-order valence-corrected chi connectivity index (χ3v) is 11.8. The molecule has 236 valence electrons. The zero-order valence-corrected chi connectivity index (χ0v) is 27.6. The Morgan fingerprint density at radius 2 is 1.64 bits per heavy atom. The molecule has 0 radical (unpaired) electrons. The average molecular weight is 616 g/mol. The molecule has 0 saturated carbocycles. The number of benzene rings is 3. The largest absolute Gasteiger partial charge is 0.364 e. The van der Waals surface area contributed by atoms with Gasteiger partial charge in [-0.3, -0.25) is 0 Å². The summed E-state index contributed by atoms with van der Waals surface area (Å²) in [6, 6.07) is 30.1. The van der Waals surface area contributed by atoms with Crippen molar-refractivity contribution in [2.24, 2.45) is 17.8 Å². The summed E-state index contributed by atoms with van der Waals surface area (Å²) in [4.78, 5) is 2.76. The van der Waals surface area contributed by atoms with E-state index in [0.717, 1.165) is 43.4 Å². The van der Waals surface area contributed by atoms with E-state index in [-0.39, 0.29) is 11.3 Å². The average Bonchev–Trinajstić information content (AvgIpc) is 3.70. The quantitative estimate of drug-likeness (QED) is 0.280. The maximum atomic E-state index is 9.65. The lowest BCUT2D eigenvalue weighted by Gasteiger charge is -2.43. The Hall–Kier alpha value is -4.55. The van der Waals surface area contributed by atoms with Crippen LogP contribution in [0.2, 0.25) is 0 Å². The minimum atomic E-state index is -0.119. The number of hydrogen-bond acceptors (Lipinski definition) is 3. The van der Waals surface area contributed by atoms with E-state index in [1.807, 2.05) is 0 Å². The second kappa shape index (κ2) is 12.2. The molecule has 1 aliphatic heterocycles. The number of fused-ring (bicyclic) bond motifs is 3. The van der Waals surface area contributed by atoms with Gasteiger partial charge in [0.2, 0.25) is 0 Å². The number of allylic oxidation sites excluding steroid dienone is 8. The Balaban J connectivity index is 1.15. The lowest BCUT2D eigenvalue weighted by molar-refractivity contribution is 0.211. The summed E-state index contributed by atoms with van der Waals surface area (Å²) in [5.41, 5.74) is 9.91. The molecule has 1 fully saturated rings. The normalized spacial score (nSPS) is 30.7. The summed E-state index contributed by atoms with van der Waals surface area (Å²) in [6.45, 7) is 4.66. The molecule has 5 aliphatic rings. The van der Waals surface area contributed by atoms with Gasteiger partial charge in [-0.1, -0.05) is 111 Å². The second-order valence-electron chi connectivity index (χ2n) is 14.6. The van der Waals surface area contributed by atoms with E-state index < -0.39 is 0 Å². The first-order valence-corrected chi connectivity index (χ1v) is 17.7. The fourth-order valence-corrected chi connectivity index (χ4v) is 9.38. The van der Waals surface area contributed by atoms with Crippen molar-refractivity contribution in [2.45, 2.75) is 75.8 Å². The van der Waals surface area contributed by atoms with E-state index in [0.29, 0.717) is 29.8 Å². The van der Waals surface area contributed by atoms with Gasteiger partial charge in [-0.2, -0.15) is 5.26 Å². The van der Waals surface area contributed by atoms with Crippen molar-refractivity contribution in [3.8, 4) is 17.2 Å². The Morgan fingerprint density at radius 1 is 0.851 bits per heavy atom. The Kier molecular flexibility index (Phi) is 7.76. The van der Waals surface area contributed by atoms with Gasteiger partial charge in [-0.15, -0.1) is 0 Å². The molecule has 1 saturated heterocycles. The molecule has 47 heavy (non-hydrogen) atoms. The topological polar surface area (TPSA) is 39.1 Å². The van der Waals surface area contributed by atoms with E-state index in [1.54, 1.807) is 0 Å². The second-order valence-corrected chi connectivity index (χ2v) is 14.6. The molecule has 0 spiro atoms. The van der Waals surface area contributed by atoms with Crippen molar-refractivity contribution in [2.75, 3.05) is 5.32 Å². The monoisotopic (exact) mass is 615 g/mol. The molecule has 4 aliphatic carbocycles. The molecule has 7 unspecified atom stereocenters. The predicted molar refractivity (Wildman–Crippen MR) is 194 cm³/mol. The lowest BCUT2D eigenvalue weighted by Crippen LogP contribution is -2.43. The van der Waals surface area contributed by atoms with Gasteiger partial charge in [0, 0.05) is 45.6 Å². The maximum Gasteiger partial charge on any atom is 0.0950 e. The van der Waals surface area contributed by atoms with Crippen LogP contribution in [-0.2, 0) is 5.41 Å². The number of nitriles is 1. The molecule has 7 atom stereocenters. The van der Waals surface area contributed by atoms with E-state index in [4.69, 9.17) is 0 Å². The first-order chi connectivity index (χ1) is 23.0. The van der Waals surface area contributed by atoms with Crippen LogP contribution in [0.3, 0.4) is 0 Å². The summed E-state index contributed by atoms with van der Waals surface area (Å²) in [6.07, 6.45) is 25.6. The van der Waals surface area contributed by atoms with Crippen molar-refractivity contribution in [1.82, 2.24) is 4.90 Å². The van der Waals surface area contributed by atoms with Crippen molar-refractivity contribution >= 4 is 11.4 Å². The zero-order valence-electron chi connectivity index (χ0n) is 27.6. The Morgan fingerprint density at radius 3 is 2.45 bits per heavy atom. The number of rotatable bonds is 6. The van der Waals surface area contributed by atoms with Crippen LogP contribution in [0, 0.1) is 29.1 Å². The van der Waals surface area contributed by atoms with Gasteiger partial charge in [0.25, 0.3) is 0 Å². The Labute approximate surface area is 280 Å². The van der Waals surface area contributed by atoms with Gasteiger partial charge in [0.1, 0.15) is 0 Å². The molecule has 0 bridgehead atoms. The number of hydrogen-bond donors (Lipinski definition) is 1. The third-order valence-electron chi connectivity index (χ3n) is 11.8. The smallest absolute Gasteiger partial charge is 0.0950 e. The minimum Gasteiger partial charge on any atom is -0.364 e. The van der Waals surface area contributed by atoms with Crippen LogP contribution in [0.25, 0.3) is 11.1 Å². The fraction of sp³-hybridized carbons (Fsp3) is 0.341. The third kappa shape index (κ3) is 5.29. The van der Waals surface area contributed by atoms with Crippen LogP contribution in [0.5, 0.6) is 0 Å². The van der Waals surface area contributed by atoms with E-state index in [1.165, 1.54) is 40.1 Å². The van der Waals surface area contributed by atoms with Crippen LogP contribution >= 0.6 is 0 Å². The molecule has 8 rings (SSSR count). The maximum absolute atomic E-state index is 9.65. The number of anilines is 2. The molecule has 0 aromatic heterocycles. The van der Waals surface area contributed by atoms with Crippen molar-refractivity contribution in [3.63, 3.8) is 0 Å². The van der Waals surface area contributed by atoms with Crippen LogP contribution in [0.1, 0.15) is 69.4 Å². The summed E-state index contributed by atoms with van der Waals surface area (Å²) < 4.78 is 0. The van der Waals surface area contributed by atoms with E-state index >= 15 is 0 Å². The molecule has 0 amide bonds. The van der Waals surface area contributed by atoms with Gasteiger partial charge in [-0.25, -0.2) is 0 Å². The highest BCUT2D eigenvalue weighted by atomic mass is 15.2. The molecule has 3 aromatic carbocycles. The highest BCUT2D eigenvalue weighted by molar-refractivity contribution is 5.84. The van der Waals surface area contributed by atoms with Crippen LogP contribution in [0.15, 0.2) is 133 Å². The van der Waals surface area contributed by atoms with Crippen LogP contribution < -0.4 is 5.32 Å². The van der Waals surface area contributed by atoms with Gasteiger partial charge >= 0.3 is 0 Å². The van der Waals surface area contributed by atoms with Crippen molar-refractivity contribution in [3.05, 3.63) is 144 Å². The van der Waals surface area contributed by atoms with E-state index in [2.05, 4.69) is 152 Å². The van der Waals surface area contributed by atoms with Gasteiger partial charge in [0.15, 0.2) is 0 Å². The highest BCUT2D eigenvalue weighted by Gasteiger charge is 2.52. The summed E-state index contributed by atoms with van der Waals surface area (Å²) >= 11 is 0. The van der Waals surface area contributed by atoms with Gasteiger partial charge in [-0.05, 0) is 97.3 Å². The SMILES string of the molecule is CC1CC(N2C3C=CCC3C3C=CC(C)(c4ccccc4-c4ccccc4Nc4ccccc4C4CC=CCC4)CC32)=CC=C1C#N. The molecule has 1 N–H and O–H groups in total. The van der Waals surface area contributed by atoms with Crippen molar-refractivity contribution < 1.29 is 0 Å². The minimum absolute atomic E-state index is 0.119. The van der Waals surface area contributed by atoms with E-state index in [9.17, 15) is 5.26 Å². The first kappa shape index (κ1) is 29.8. The number of para-hydroxylation sites is 2.